The molecule has 0 aromatic heterocycles. The van der Waals surface area contributed by atoms with Gasteiger partial charge in [0.1, 0.15) is 6.04 Å². The van der Waals surface area contributed by atoms with E-state index in [0.29, 0.717) is 6.54 Å². The first-order valence-electron chi connectivity index (χ1n) is 5.41. The second-order valence-corrected chi connectivity index (χ2v) is 3.78. The lowest BCUT2D eigenvalue weighted by Crippen LogP contribution is -2.42. The monoisotopic (exact) mass is 242 g/mol. The summed E-state index contributed by atoms with van der Waals surface area (Å²) in [5.41, 5.74) is 0.150. The molecule has 2 heterocycles. The Morgan fingerprint density at radius 1 is 1.59 bits per heavy atom. The Bertz CT molecular complexity index is 368. The largest absolute Gasteiger partial charge is 0.468 e. The summed E-state index contributed by atoms with van der Waals surface area (Å²) in [6, 6.07) is -0.601. The van der Waals surface area contributed by atoms with Crippen LogP contribution in [-0.4, -0.2) is 50.1 Å². The number of oxime groups is 1. The minimum absolute atomic E-state index is 0.150. The molecule has 94 valence electrons. The van der Waals surface area contributed by atoms with Crippen molar-refractivity contribution in [3.8, 4) is 0 Å². The van der Waals surface area contributed by atoms with E-state index in [4.69, 9.17) is 9.57 Å². The van der Waals surface area contributed by atoms with Gasteiger partial charge in [-0.2, -0.15) is 0 Å². The molecule has 2 aliphatic heterocycles. The molecule has 1 fully saturated rings. The molecule has 2 rings (SSSR count). The third-order valence-corrected chi connectivity index (χ3v) is 2.84. The molecule has 0 unspecified atom stereocenters. The average molecular weight is 242 g/mol. The van der Waals surface area contributed by atoms with E-state index in [-0.39, 0.29) is 18.4 Å². The SMILES string of the molecule is CCOC(=O)C1=NO[C@H]2CN[C@H](C(=O)OC)[C@@H]12. The van der Waals surface area contributed by atoms with Gasteiger partial charge in [-0.1, -0.05) is 5.16 Å². The predicted molar refractivity (Wildman–Crippen MR) is 56.2 cm³/mol. The summed E-state index contributed by atoms with van der Waals surface area (Å²) >= 11 is 0. The fourth-order valence-electron chi connectivity index (χ4n) is 2.07. The highest BCUT2D eigenvalue weighted by Gasteiger charge is 2.51. The summed E-state index contributed by atoms with van der Waals surface area (Å²) in [6.45, 7) is 2.42. The van der Waals surface area contributed by atoms with Gasteiger partial charge < -0.3 is 14.3 Å². The van der Waals surface area contributed by atoms with E-state index in [0.717, 1.165) is 0 Å². The zero-order valence-corrected chi connectivity index (χ0v) is 9.63. The summed E-state index contributed by atoms with van der Waals surface area (Å²) < 4.78 is 9.53. The van der Waals surface area contributed by atoms with Crippen LogP contribution in [0.4, 0.5) is 0 Å². The van der Waals surface area contributed by atoms with Crippen molar-refractivity contribution in [1.82, 2.24) is 5.32 Å². The van der Waals surface area contributed by atoms with Crippen LogP contribution in [0.3, 0.4) is 0 Å². The normalized spacial score (nSPS) is 30.2. The van der Waals surface area contributed by atoms with Gasteiger partial charge in [-0.3, -0.25) is 10.1 Å². The fourth-order valence-corrected chi connectivity index (χ4v) is 2.07. The summed E-state index contributed by atoms with van der Waals surface area (Å²) in [7, 11) is 1.30. The van der Waals surface area contributed by atoms with Crippen LogP contribution in [-0.2, 0) is 23.9 Å². The lowest BCUT2D eigenvalue weighted by Gasteiger charge is -2.14. The zero-order chi connectivity index (χ0) is 12.4. The van der Waals surface area contributed by atoms with Gasteiger partial charge in [-0.15, -0.1) is 0 Å². The van der Waals surface area contributed by atoms with Gasteiger partial charge in [0.25, 0.3) is 0 Å². The molecule has 0 spiro atoms. The maximum atomic E-state index is 11.6. The van der Waals surface area contributed by atoms with Crippen LogP contribution in [0.2, 0.25) is 0 Å². The molecule has 1 saturated heterocycles. The van der Waals surface area contributed by atoms with E-state index < -0.39 is 23.9 Å². The smallest absolute Gasteiger partial charge is 0.356 e. The predicted octanol–water partition coefficient (Wildman–Crippen LogP) is -0.935. The van der Waals surface area contributed by atoms with Crippen molar-refractivity contribution in [2.75, 3.05) is 20.3 Å². The molecule has 0 amide bonds. The number of nitrogens with zero attached hydrogens (tertiary/aromatic N) is 1. The first kappa shape index (κ1) is 11.8. The van der Waals surface area contributed by atoms with Crippen LogP contribution >= 0.6 is 0 Å². The number of nitrogens with one attached hydrogen (secondary N) is 1. The third-order valence-electron chi connectivity index (χ3n) is 2.84. The summed E-state index contributed by atoms with van der Waals surface area (Å²) in [4.78, 5) is 28.3. The van der Waals surface area contributed by atoms with Gasteiger partial charge in [0.05, 0.1) is 19.6 Å². The standard InChI is InChI=1S/C10H14N2O5/c1-3-16-10(14)8-6-5(17-12-8)4-11-7(6)9(13)15-2/h5-7,11H,3-4H2,1-2H3/t5-,6-,7-/m0/s1. The topological polar surface area (TPSA) is 86.2 Å². The molecule has 0 bridgehead atoms. The van der Waals surface area contributed by atoms with Gasteiger partial charge in [-0.25, -0.2) is 4.79 Å². The molecule has 3 atom stereocenters. The second kappa shape index (κ2) is 4.70. The molecular weight excluding hydrogens is 228 g/mol. The molecule has 7 nitrogen and oxygen atoms in total. The Morgan fingerprint density at radius 2 is 2.35 bits per heavy atom. The molecule has 0 aromatic carbocycles. The first-order valence-corrected chi connectivity index (χ1v) is 5.41. The lowest BCUT2D eigenvalue weighted by atomic mass is 9.93. The Morgan fingerprint density at radius 3 is 3.00 bits per heavy atom. The van der Waals surface area contributed by atoms with Crippen molar-refractivity contribution in [3.05, 3.63) is 0 Å². The highest BCUT2D eigenvalue weighted by atomic mass is 16.7. The molecule has 0 saturated carbocycles. The molecule has 0 aromatic rings. The molecular formula is C10H14N2O5. The van der Waals surface area contributed by atoms with E-state index in [1.165, 1.54) is 7.11 Å². The molecule has 0 radical (unpaired) electrons. The Hall–Kier alpha value is -1.63. The number of carbonyl (C=O) groups is 2. The van der Waals surface area contributed by atoms with Crippen LogP contribution in [0.1, 0.15) is 6.92 Å². The molecule has 0 aliphatic carbocycles. The van der Waals surface area contributed by atoms with Crippen molar-refractivity contribution >= 4 is 17.7 Å². The van der Waals surface area contributed by atoms with E-state index in [2.05, 4.69) is 15.2 Å². The van der Waals surface area contributed by atoms with E-state index in [1.54, 1.807) is 6.92 Å². The minimum Gasteiger partial charge on any atom is -0.468 e. The van der Waals surface area contributed by atoms with Crippen LogP contribution in [0.15, 0.2) is 5.16 Å². The summed E-state index contributed by atoms with van der Waals surface area (Å²) in [5, 5.41) is 6.65. The summed E-state index contributed by atoms with van der Waals surface area (Å²) in [6.07, 6.45) is -0.307. The van der Waals surface area contributed by atoms with E-state index in [9.17, 15) is 9.59 Å². The Labute approximate surface area is 98.1 Å². The minimum atomic E-state index is -0.601. The van der Waals surface area contributed by atoms with Gasteiger partial charge in [-0.05, 0) is 6.92 Å². The number of carbonyl (C=O) groups excluding carboxylic acids is 2. The average Bonchev–Trinajstić information content (AvgIpc) is 2.88. The van der Waals surface area contributed by atoms with Crippen molar-refractivity contribution in [1.29, 1.82) is 0 Å². The van der Waals surface area contributed by atoms with Crippen molar-refractivity contribution < 1.29 is 23.9 Å². The quantitative estimate of drug-likeness (QED) is 0.643. The Kier molecular flexibility index (Phi) is 3.28. The molecule has 7 heteroatoms. The van der Waals surface area contributed by atoms with E-state index >= 15 is 0 Å². The van der Waals surface area contributed by atoms with Crippen LogP contribution < -0.4 is 5.32 Å². The van der Waals surface area contributed by atoms with Crippen LogP contribution in [0.5, 0.6) is 0 Å². The van der Waals surface area contributed by atoms with Crippen molar-refractivity contribution in [2.24, 2.45) is 11.1 Å². The fraction of sp³-hybridized carbons (Fsp3) is 0.700. The van der Waals surface area contributed by atoms with Crippen molar-refractivity contribution in [2.45, 2.75) is 19.1 Å². The first-order chi connectivity index (χ1) is 8.19. The summed E-state index contributed by atoms with van der Waals surface area (Å²) in [5.74, 6) is -1.40. The van der Waals surface area contributed by atoms with Crippen molar-refractivity contribution in [3.63, 3.8) is 0 Å². The second-order valence-electron chi connectivity index (χ2n) is 3.78. The maximum absolute atomic E-state index is 11.6. The molecule has 2 aliphatic rings. The number of hydrogen-bond donors (Lipinski definition) is 1. The zero-order valence-electron chi connectivity index (χ0n) is 9.63. The van der Waals surface area contributed by atoms with Crippen LogP contribution in [0, 0.1) is 5.92 Å². The van der Waals surface area contributed by atoms with E-state index in [1.807, 2.05) is 0 Å². The molecule has 17 heavy (non-hydrogen) atoms. The number of ether oxygens (including phenoxy) is 2. The number of hydrogen-bond acceptors (Lipinski definition) is 7. The van der Waals surface area contributed by atoms with Gasteiger partial charge >= 0.3 is 11.9 Å². The highest BCUT2D eigenvalue weighted by molar-refractivity contribution is 6.38. The number of esters is 2. The Balaban J connectivity index is 2.14. The van der Waals surface area contributed by atoms with Gasteiger partial charge in [0.15, 0.2) is 11.8 Å². The van der Waals surface area contributed by atoms with Gasteiger partial charge in [0, 0.05) is 6.54 Å². The number of methoxy groups -OCH3 is 1. The number of fused-ring (bicyclic) bond motifs is 1. The maximum Gasteiger partial charge on any atom is 0.356 e. The van der Waals surface area contributed by atoms with Crippen LogP contribution in [0.25, 0.3) is 0 Å². The van der Waals surface area contributed by atoms with Gasteiger partial charge in [0.2, 0.25) is 0 Å². The third kappa shape index (κ3) is 1.97. The lowest BCUT2D eigenvalue weighted by molar-refractivity contribution is -0.143. The molecule has 1 N–H and O–H groups in total. The number of rotatable bonds is 3. The highest BCUT2D eigenvalue weighted by Crippen LogP contribution is 2.28.